The third kappa shape index (κ3) is 3.89. The Morgan fingerprint density at radius 3 is 2.90 bits per heavy atom. The maximum atomic E-state index is 12.0. The number of carbonyl (C=O) groups excluding carboxylic acids is 1. The predicted molar refractivity (Wildman–Crippen MR) is 110 cm³/mol. The number of likely N-dealkylation sites (tertiary alicyclic amines) is 1. The monoisotopic (exact) mass is 413 g/mol. The lowest BCUT2D eigenvalue weighted by Crippen LogP contribution is -2.42. The van der Waals surface area contributed by atoms with E-state index in [0.29, 0.717) is 36.0 Å². The van der Waals surface area contributed by atoms with Crippen molar-refractivity contribution in [2.24, 2.45) is 5.92 Å². The zero-order valence-corrected chi connectivity index (χ0v) is 16.9. The molecule has 9 nitrogen and oxygen atoms in total. The van der Waals surface area contributed by atoms with Gasteiger partial charge in [-0.25, -0.2) is 14.6 Å². The van der Waals surface area contributed by atoms with E-state index in [2.05, 4.69) is 37.0 Å². The van der Waals surface area contributed by atoms with Gasteiger partial charge in [-0.2, -0.15) is 0 Å². The zero-order valence-electron chi connectivity index (χ0n) is 16.1. The maximum Gasteiger partial charge on any atom is 0.245 e. The molecular weight excluding hydrogens is 390 g/mol. The van der Waals surface area contributed by atoms with Crippen LogP contribution in [-0.4, -0.2) is 57.3 Å². The second-order valence-electron chi connectivity index (χ2n) is 7.64. The van der Waals surface area contributed by atoms with Crippen LogP contribution in [0.2, 0.25) is 0 Å². The Labute approximate surface area is 172 Å². The summed E-state index contributed by atoms with van der Waals surface area (Å²) in [4.78, 5) is 26.8. The number of nitrogens with one attached hydrogen (secondary N) is 1. The molecule has 152 valence electrons. The molecule has 2 aliphatic rings. The molecule has 0 aliphatic carbocycles. The first kappa shape index (κ1) is 18.3. The minimum absolute atomic E-state index is 0.287. The Balaban J connectivity index is 1.37. The second kappa shape index (κ2) is 7.94. The number of fused-ring (bicyclic) bond motifs is 1. The summed E-state index contributed by atoms with van der Waals surface area (Å²) in [6.45, 7) is 4.15. The molecule has 1 amide bonds. The van der Waals surface area contributed by atoms with Gasteiger partial charge in [-0.1, -0.05) is 6.07 Å². The third-order valence-electron chi connectivity index (χ3n) is 5.57. The summed E-state index contributed by atoms with van der Waals surface area (Å²) in [6.07, 6.45) is 3.86. The molecule has 0 unspecified atom stereocenters. The van der Waals surface area contributed by atoms with Gasteiger partial charge in [0.2, 0.25) is 17.2 Å². The van der Waals surface area contributed by atoms with E-state index in [1.807, 2.05) is 11.0 Å². The number of aromatic nitrogens is 4. The van der Waals surface area contributed by atoms with Gasteiger partial charge in [0.15, 0.2) is 11.6 Å². The van der Waals surface area contributed by atoms with Gasteiger partial charge in [-0.15, -0.1) is 11.3 Å². The molecule has 0 spiro atoms. The molecule has 29 heavy (non-hydrogen) atoms. The Bertz CT molecular complexity index is 990. The van der Waals surface area contributed by atoms with Crippen LogP contribution in [0.3, 0.4) is 0 Å². The molecule has 10 heteroatoms. The molecule has 3 aromatic rings. The van der Waals surface area contributed by atoms with Gasteiger partial charge in [-0.3, -0.25) is 4.79 Å². The minimum Gasteiger partial charge on any atom is -0.362 e. The topological polar surface area (TPSA) is 100 Å². The molecule has 2 fully saturated rings. The third-order valence-corrected chi connectivity index (χ3v) is 6.45. The second-order valence-corrected chi connectivity index (χ2v) is 8.67. The molecular formula is C19H23N7O2S. The van der Waals surface area contributed by atoms with Crippen LogP contribution in [0.4, 0.5) is 11.6 Å². The van der Waals surface area contributed by atoms with E-state index in [1.165, 1.54) is 4.88 Å². The quantitative estimate of drug-likeness (QED) is 0.658. The van der Waals surface area contributed by atoms with Crippen LogP contribution in [0, 0.1) is 5.92 Å². The largest absolute Gasteiger partial charge is 0.362 e. The number of amides is 1. The lowest BCUT2D eigenvalue weighted by Gasteiger charge is -2.35. The molecule has 5 heterocycles. The van der Waals surface area contributed by atoms with Crippen molar-refractivity contribution in [3.63, 3.8) is 0 Å². The lowest BCUT2D eigenvalue weighted by atomic mass is 9.97. The standard InChI is InChI=1S/C19H23N7O2S/c27-15-6-2-7-25(15)11-13-4-1-8-26(12-13)19-18(20-10-14-5-3-9-29-14)21-16-17(22-19)24-28-23-16/h3,5,9,13H,1-2,4,6-8,10-12H2,(H,20,21,23)/t13-/m0/s1. The molecule has 0 bridgehead atoms. The minimum atomic E-state index is 0.287. The average molecular weight is 414 g/mol. The van der Waals surface area contributed by atoms with Crippen LogP contribution in [0.15, 0.2) is 22.1 Å². The summed E-state index contributed by atoms with van der Waals surface area (Å²) in [5, 5.41) is 13.2. The van der Waals surface area contributed by atoms with Crippen LogP contribution in [0.25, 0.3) is 11.3 Å². The molecule has 0 saturated carbocycles. The first-order valence-electron chi connectivity index (χ1n) is 10.1. The molecule has 0 aromatic carbocycles. The Morgan fingerprint density at radius 1 is 1.21 bits per heavy atom. The molecule has 3 aromatic heterocycles. The number of nitrogens with zero attached hydrogens (tertiary/aromatic N) is 6. The Kier molecular flexibility index (Phi) is 5.01. The van der Waals surface area contributed by atoms with Crippen molar-refractivity contribution in [3.8, 4) is 0 Å². The van der Waals surface area contributed by atoms with E-state index in [1.54, 1.807) is 11.3 Å². The van der Waals surface area contributed by atoms with E-state index in [0.717, 1.165) is 51.3 Å². The van der Waals surface area contributed by atoms with E-state index in [9.17, 15) is 4.79 Å². The SMILES string of the molecule is O=C1CCCN1C[C@@H]1CCCN(c2nc3nonc3nc2NCc2cccs2)C1. The van der Waals surface area contributed by atoms with Crippen molar-refractivity contribution in [2.75, 3.05) is 36.4 Å². The number of carbonyl (C=O) groups is 1. The van der Waals surface area contributed by atoms with Crippen molar-refractivity contribution in [3.05, 3.63) is 22.4 Å². The number of hydrogen-bond acceptors (Lipinski definition) is 9. The van der Waals surface area contributed by atoms with E-state index in [-0.39, 0.29) is 5.91 Å². The average Bonchev–Trinajstić information content (AvgIpc) is 3.49. The van der Waals surface area contributed by atoms with Gasteiger partial charge >= 0.3 is 0 Å². The fraction of sp³-hybridized carbons (Fsp3) is 0.526. The summed E-state index contributed by atoms with van der Waals surface area (Å²) >= 11 is 1.70. The molecule has 1 atom stereocenters. The molecule has 1 N–H and O–H groups in total. The summed E-state index contributed by atoms with van der Waals surface area (Å²) < 4.78 is 4.82. The summed E-state index contributed by atoms with van der Waals surface area (Å²) in [6, 6.07) is 4.12. The van der Waals surface area contributed by atoms with Crippen LogP contribution < -0.4 is 10.2 Å². The summed E-state index contributed by atoms with van der Waals surface area (Å²) in [5.74, 6) is 2.20. The Hall–Kier alpha value is -2.75. The van der Waals surface area contributed by atoms with Gasteiger partial charge in [-0.05, 0) is 46.9 Å². The predicted octanol–water partition coefficient (Wildman–Crippen LogP) is 2.53. The van der Waals surface area contributed by atoms with Crippen LogP contribution in [-0.2, 0) is 11.3 Å². The maximum absolute atomic E-state index is 12.0. The Morgan fingerprint density at radius 2 is 2.10 bits per heavy atom. The van der Waals surface area contributed by atoms with Crippen molar-refractivity contribution in [1.82, 2.24) is 25.2 Å². The normalized spacial score (nSPS) is 20.0. The van der Waals surface area contributed by atoms with Crippen molar-refractivity contribution in [2.45, 2.75) is 32.2 Å². The number of hydrogen-bond donors (Lipinski definition) is 1. The fourth-order valence-electron chi connectivity index (χ4n) is 4.17. The van der Waals surface area contributed by atoms with E-state index < -0.39 is 0 Å². The number of anilines is 2. The molecule has 2 aliphatic heterocycles. The van der Waals surface area contributed by atoms with Gasteiger partial charge in [0.05, 0.1) is 6.54 Å². The summed E-state index contributed by atoms with van der Waals surface area (Å²) in [5.41, 5.74) is 0.817. The van der Waals surface area contributed by atoms with Gasteiger partial charge in [0, 0.05) is 37.5 Å². The van der Waals surface area contributed by atoms with Crippen molar-refractivity contribution in [1.29, 1.82) is 0 Å². The number of thiophene rings is 1. The number of rotatable bonds is 6. The summed E-state index contributed by atoms with van der Waals surface area (Å²) in [7, 11) is 0. The van der Waals surface area contributed by atoms with Crippen LogP contribution >= 0.6 is 11.3 Å². The van der Waals surface area contributed by atoms with Crippen molar-refractivity contribution >= 4 is 40.2 Å². The first-order valence-corrected chi connectivity index (χ1v) is 10.9. The van der Waals surface area contributed by atoms with Gasteiger partial charge in [0.25, 0.3) is 0 Å². The van der Waals surface area contributed by atoms with Gasteiger partial charge < -0.3 is 15.1 Å². The lowest BCUT2D eigenvalue weighted by molar-refractivity contribution is -0.128. The highest BCUT2D eigenvalue weighted by Crippen LogP contribution is 2.30. The highest BCUT2D eigenvalue weighted by Gasteiger charge is 2.29. The van der Waals surface area contributed by atoms with Crippen LogP contribution in [0.5, 0.6) is 0 Å². The van der Waals surface area contributed by atoms with Crippen LogP contribution in [0.1, 0.15) is 30.6 Å². The van der Waals surface area contributed by atoms with E-state index >= 15 is 0 Å². The first-order chi connectivity index (χ1) is 14.3. The van der Waals surface area contributed by atoms with Gasteiger partial charge in [0.1, 0.15) is 0 Å². The molecule has 2 saturated heterocycles. The zero-order chi connectivity index (χ0) is 19.6. The highest BCUT2D eigenvalue weighted by molar-refractivity contribution is 7.09. The number of piperidine rings is 1. The fourth-order valence-corrected chi connectivity index (χ4v) is 4.81. The van der Waals surface area contributed by atoms with Crippen molar-refractivity contribution < 1.29 is 9.42 Å². The molecule has 0 radical (unpaired) electrons. The molecule has 5 rings (SSSR count). The van der Waals surface area contributed by atoms with E-state index in [4.69, 9.17) is 9.61 Å². The highest BCUT2D eigenvalue weighted by atomic mass is 32.1. The smallest absolute Gasteiger partial charge is 0.245 e.